The first-order valence-electron chi connectivity index (χ1n) is 5.82. The molecule has 0 aromatic heterocycles. The van der Waals surface area contributed by atoms with Crippen molar-refractivity contribution in [3.8, 4) is 0 Å². The van der Waals surface area contributed by atoms with Crippen LogP contribution >= 0.6 is 0 Å². The molecule has 1 saturated heterocycles. The summed E-state index contributed by atoms with van der Waals surface area (Å²) >= 11 is 0. The van der Waals surface area contributed by atoms with Crippen molar-refractivity contribution in [2.75, 3.05) is 26.3 Å². The molecule has 88 valence electrons. The Bertz CT molecular complexity index is 191. The number of nitrogens with one attached hydrogen (secondary N) is 2. The van der Waals surface area contributed by atoms with Gasteiger partial charge in [-0.3, -0.25) is 4.79 Å². The Balaban J connectivity index is 2.21. The van der Waals surface area contributed by atoms with Crippen LogP contribution in [0.15, 0.2) is 0 Å². The van der Waals surface area contributed by atoms with Crippen molar-refractivity contribution < 1.29 is 9.53 Å². The smallest absolute Gasteiger partial charge is 0.246 e. The second-order valence-electron chi connectivity index (χ2n) is 4.10. The van der Waals surface area contributed by atoms with Gasteiger partial charge in [-0.25, -0.2) is 0 Å². The summed E-state index contributed by atoms with van der Waals surface area (Å²) in [4.78, 5) is 11.4. The lowest BCUT2D eigenvalue weighted by molar-refractivity contribution is -0.126. The van der Waals surface area contributed by atoms with Crippen LogP contribution in [0.5, 0.6) is 0 Å². The van der Waals surface area contributed by atoms with Gasteiger partial charge >= 0.3 is 0 Å². The van der Waals surface area contributed by atoms with Gasteiger partial charge in [0.2, 0.25) is 5.91 Å². The highest BCUT2D eigenvalue weighted by atomic mass is 16.5. The van der Waals surface area contributed by atoms with E-state index in [1.165, 1.54) is 12.8 Å². The molecule has 0 aliphatic carbocycles. The molecule has 2 N–H and O–H groups in total. The largest absolute Gasteiger partial charge is 0.372 e. The Morgan fingerprint density at radius 2 is 2.47 bits per heavy atom. The molecule has 0 radical (unpaired) electrons. The fourth-order valence-electron chi connectivity index (χ4n) is 1.91. The minimum Gasteiger partial charge on any atom is -0.372 e. The molecule has 0 aromatic carbocycles. The number of amides is 1. The highest BCUT2D eigenvalue weighted by Crippen LogP contribution is 2.13. The molecular weight excluding hydrogens is 192 g/mol. The molecule has 1 aliphatic rings. The maximum Gasteiger partial charge on any atom is 0.246 e. The van der Waals surface area contributed by atoms with Crippen LogP contribution in [0.2, 0.25) is 0 Å². The van der Waals surface area contributed by atoms with Crippen LogP contribution in [0.3, 0.4) is 0 Å². The molecule has 1 heterocycles. The number of hydrogen-bond donors (Lipinski definition) is 2. The van der Waals surface area contributed by atoms with E-state index < -0.39 is 0 Å². The molecular formula is C11H22N2O2. The molecule has 1 amide bonds. The number of carbonyl (C=O) groups excluding carboxylic acids is 1. The van der Waals surface area contributed by atoms with Crippen molar-refractivity contribution in [2.24, 2.45) is 5.92 Å². The maximum absolute atomic E-state index is 11.4. The molecule has 4 nitrogen and oxygen atoms in total. The van der Waals surface area contributed by atoms with Crippen LogP contribution in [0.4, 0.5) is 0 Å². The Morgan fingerprint density at radius 1 is 1.67 bits per heavy atom. The first-order chi connectivity index (χ1) is 7.24. The van der Waals surface area contributed by atoms with Crippen LogP contribution in [0, 0.1) is 5.92 Å². The van der Waals surface area contributed by atoms with Gasteiger partial charge < -0.3 is 15.4 Å². The first kappa shape index (κ1) is 12.5. The summed E-state index contributed by atoms with van der Waals surface area (Å²) in [6.45, 7) is 6.85. The molecule has 2 unspecified atom stereocenters. The van der Waals surface area contributed by atoms with Gasteiger partial charge in [-0.05, 0) is 45.7 Å². The first-order valence-corrected chi connectivity index (χ1v) is 5.82. The van der Waals surface area contributed by atoms with E-state index in [0.717, 1.165) is 13.1 Å². The van der Waals surface area contributed by atoms with Gasteiger partial charge in [-0.15, -0.1) is 0 Å². The summed E-state index contributed by atoms with van der Waals surface area (Å²) in [7, 11) is 0. The van der Waals surface area contributed by atoms with Crippen molar-refractivity contribution in [2.45, 2.75) is 32.7 Å². The monoisotopic (exact) mass is 214 g/mol. The minimum absolute atomic E-state index is 0.00470. The summed E-state index contributed by atoms with van der Waals surface area (Å²) in [5.41, 5.74) is 0. The van der Waals surface area contributed by atoms with Gasteiger partial charge in [0, 0.05) is 12.6 Å². The lowest BCUT2D eigenvalue weighted by Gasteiger charge is -2.28. The van der Waals surface area contributed by atoms with Crippen molar-refractivity contribution in [3.05, 3.63) is 0 Å². The molecule has 0 bridgehead atoms. The number of piperidine rings is 1. The zero-order valence-electron chi connectivity index (χ0n) is 9.71. The number of rotatable bonds is 5. The standard InChI is InChI=1S/C11H22N2O2/c1-3-15-8-11(14)13-9(2)10-5-4-6-12-7-10/h9-10,12H,3-8H2,1-2H3,(H,13,14). The summed E-state index contributed by atoms with van der Waals surface area (Å²) in [5.74, 6) is 0.555. The number of carbonyl (C=O) groups is 1. The van der Waals surface area contributed by atoms with Gasteiger partial charge in [0.1, 0.15) is 6.61 Å². The van der Waals surface area contributed by atoms with E-state index in [2.05, 4.69) is 17.6 Å². The summed E-state index contributed by atoms with van der Waals surface area (Å²) in [5, 5.41) is 6.33. The third-order valence-corrected chi connectivity index (χ3v) is 2.87. The molecule has 4 heteroatoms. The number of hydrogen-bond acceptors (Lipinski definition) is 3. The zero-order valence-corrected chi connectivity index (χ0v) is 9.71. The third kappa shape index (κ3) is 4.62. The summed E-state index contributed by atoms with van der Waals surface area (Å²) < 4.78 is 5.06. The molecule has 1 rings (SSSR count). The fraction of sp³-hybridized carbons (Fsp3) is 0.909. The zero-order chi connectivity index (χ0) is 11.1. The molecule has 0 saturated carbocycles. The predicted molar refractivity (Wildman–Crippen MR) is 59.7 cm³/mol. The Morgan fingerprint density at radius 3 is 3.07 bits per heavy atom. The normalized spacial score (nSPS) is 23.5. The van der Waals surface area contributed by atoms with Crippen molar-refractivity contribution in [1.29, 1.82) is 0 Å². The molecule has 0 aromatic rings. The quantitative estimate of drug-likeness (QED) is 0.702. The second-order valence-corrected chi connectivity index (χ2v) is 4.10. The van der Waals surface area contributed by atoms with E-state index in [1.807, 2.05) is 6.92 Å². The molecule has 15 heavy (non-hydrogen) atoms. The molecule has 0 spiro atoms. The maximum atomic E-state index is 11.4. The summed E-state index contributed by atoms with van der Waals surface area (Å²) in [6.07, 6.45) is 2.40. The third-order valence-electron chi connectivity index (χ3n) is 2.87. The Hall–Kier alpha value is -0.610. The van der Waals surface area contributed by atoms with Crippen molar-refractivity contribution in [1.82, 2.24) is 10.6 Å². The van der Waals surface area contributed by atoms with Gasteiger partial charge in [0.05, 0.1) is 0 Å². The van der Waals surface area contributed by atoms with E-state index >= 15 is 0 Å². The highest BCUT2D eigenvalue weighted by Gasteiger charge is 2.20. The SMILES string of the molecule is CCOCC(=O)NC(C)C1CCCNC1. The van der Waals surface area contributed by atoms with E-state index in [1.54, 1.807) is 0 Å². The lowest BCUT2D eigenvalue weighted by Crippen LogP contribution is -2.45. The van der Waals surface area contributed by atoms with Gasteiger partial charge in [0.25, 0.3) is 0 Å². The van der Waals surface area contributed by atoms with E-state index in [-0.39, 0.29) is 18.6 Å². The van der Waals surface area contributed by atoms with Crippen LogP contribution in [0.1, 0.15) is 26.7 Å². The van der Waals surface area contributed by atoms with E-state index in [9.17, 15) is 4.79 Å². The highest BCUT2D eigenvalue weighted by molar-refractivity contribution is 5.77. The van der Waals surface area contributed by atoms with Crippen LogP contribution in [-0.2, 0) is 9.53 Å². The fourth-order valence-corrected chi connectivity index (χ4v) is 1.91. The van der Waals surface area contributed by atoms with Crippen molar-refractivity contribution >= 4 is 5.91 Å². The minimum atomic E-state index is -0.00470. The average Bonchev–Trinajstić information content (AvgIpc) is 2.27. The summed E-state index contributed by atoms with van der Waals surface area (Å²) in [6, 6.07) is 0.241. The van der Waals surface area contributed by atoms with Gasteiger partial charge in [0.15, 0.2) is 0 Å². The predicted octanol–water partition coefficient (Wildman–Crippen LogP) is 0.527. The topological polar surface area (TPSA) is 50.4 Å². The molecule has 1 aliphatic heterocycles. The lowest BCUT2D eigenvalue weighted by atomic mass is 9.93. The van der Waals surface area contributed by atoms with Gasteiger partial charge in [-0.1, -0.05) is 0 Å². The second kappa shape index (κ2) is 6.80. The van der Waals surface area contributed by atoms with Gasteiger partial charge in [-0.2, -0.15) is 0 Å². The molecule has 2 atom stereocenters. The molecule has 1 fully saturated rings. The van der Waals surface area contributed by atoms with Crippen LogP contribution in [0.25, 0.3) is 0 Å². The Labute approximate surface area is 91.8 Å². The van der Waals surface area contributed by atoms with Crippen molar-refractivity contribution in [3.63, 3.8) is 0 Å². The van der Waals surface area contributed by atoms with E-state index in [0.29, 0.717) is 12.5 Å². The van der Waals surface area contributed by atoms with E-state index in [4.69, 9.17) is 4.74 Å². The van der Waals surface area contributed by atoms with Crippen LogP contribution < -0.4 is 10.6 Å². The Kier molecular flexibility index (Phi) is 5.65. The average molecular weight is 214 g/mol. The number of ether oxygens (including phenoxy) is 1. The van der Waals surface area contributed by atoms with Crippen LogP contribution in [-0.4, -0.2) is 38.3 Å².